The standard InChI is InChI=1S/C22H21ClFN5O2/c23-15-12-14(24)3-4-16(15)27-20(31)21-5-8-22(9-6-21,10-7-21)28-19(30)17-13-25-18-2-1-11-26-29(17)18/h1-4,11-13H,5-10H2,(H,27,31)(H,28,30). The van der Waals surface area contributed by atoms with Crippen molar-refractivity contribution in [2.45, 2.75) is 44.1 Å². The lowest BCUT2D eigenvalue weighted by atomic mass is 9.57. The predicted molar refractivity (Wildman–Crippen MR) is 113 cm³/mol. The third kappa shape index (κ3) is 3.44. The summed E-state index contributed by atoms with van der Waals surface area (Å²) in [5, 5.41) is 10.5. The fourth-order valence-electron chi connectivity index (χ4n) is 4.85. The van der Waals surface area contributed by atoms with Gasteiger partial charge in [0.05, 0.1) is 16.9 Å². The van der Waals surface area contributed by atoms with Crippen LogP contribution in [-0.2, 0) is 4.79 Å². The van der Waals surface area contributed by atoms with Crippen molar-refractivity contribution in [2.75, 3.05) is 5.32 Å². The van der Waals surface area contributed by atoms with Gasteiger partial charge in [0.1, 0.15) is 11.5 Å². The number of carbonyl (C=O) groups is 2. The van der Waals surface area contributed by atoms with Crippen LogP contribution in [0.15, 0.2) is 42.7 Å². The van der Waals surface area contributed by atoms with Gasteiger partial charge in [-0.2, -0.15) is 5.10 Å². The number of fused-ring (bicyclic) bond motifs is 4. The molecule has 2 heterocycles. The number of carbonyl (C=O) groups excluding carboxylic acids is 2. The Bertz CT molecular complexity index is 1170. The summed E-state index contributed by atoms with van der Waals surface area (Å²) in [6.45, 7) is 0. The SMILES string of the molecule is O=C(NC12CCC(C(=O)Nc3ccc(F)cc3Cl)(CC1)CC2)c1cnc2cccnn12. The fourth-order valence-corrected chi connectivity index (χ4v) is 5.06. The molecule has 0 atom stereocenters. The maximum Gasteiger partial charge on any atom is 0.272 e. The molecule has 2 aromatic heterocycles. The molecule has 0 radical (unpaired) electrons. The van der Waals surface area contributed by atoms with E-state index in [4.69, 9.17) is 11.6 Å². The lowest BCUT2D eigenvalue weighted by Crippen LogP contribution is -2.59. The van der Waals surface area contributed by atoms with E-state index in [2.05, 4.69) is 20.7 Å². The minimum Gasteiger partial charge on any atom is -0.345 e. The second kappa shape index (κ2) is 7.30. The highest BCUT2D eigenvalue weighted by Gasteiger charge is 2.53. The highest BCUT2D eigenvalue weighted by Crippen LogP contribution is 2.53. The monoisotopic (exact) mass is 441 g/mol. The first-order valence-corrected chi connectivity index (χ1v) is 10.7. The molecule has 0 aliphatic heterocycles. The maximum atomic E-state index is 13.3. The second-order valence-corrected chi connectivity index (χ2v) is 8.94. The van der Waals surface area contributed by atoms with E-state index in [-0.39, 0.29) is 22.4 Å². The molecule has 9 heteroatoms. The molecule has 3 aromatic rings. The van der Waals surface area contributed by atoms with E-state index in [1.165, 1.54) is 28.9 Å². The summed E-state index contributed by atoms with van der Waals surface area (Å²) in [7, 11) is 0. The number of halogens is 2. The van der Waals surface area contributed by atoms with Crippen LogP contribution in [0.5, 0.6) is 0 Å². The smallest absolute Gasteiger partial charge is 0.272 e. The van der Waals surface area contributed by atoms with Crippen molar-refractivity contribution in [1.82, 2.24) is 19.9 Å². The number of hydrogen-bond acceptors (Lipinski definition) is 4. The number of amides is 2. The first-order valence-electron chi connectivity index (χ1n) is 10.3. The molecule has 6 rings (SSSR count). The number of rotatable bonds is 4. The van der Waals surface area contributed by atoms with E-state index in [1.807, 2.05) is 0 Å². The summed E-state index contributed by atoms with van der Waals surface area (Å²) in [5.74, 6) is -0.743. The van der Waals surface area contributed by atoms with Gasteiger partial charge in [-0.1, -0.05) is 11.6 Å². The molecule has 2 amide bonds. The molecule has 0 saturated heterocycles. The van der Waals surface area contributed by atoms with Crippen LogP contribution in [0.1, 0.15) is 49.0 Å². The average molecular weight is 442 g/mol. The minimum absolute atomic E-state index is 0.0911. The van der Waals surface area contributed by atoms with E-state index in [0.29, 0.717) is 55.6 Å². The zero-order valence-corrected chi connectivity index (χ0v) is 17.5. The largest absolute Gasteiger partial charge is 0.345 e. The van der Waals surface area contributed by atoms with Crippen LogP contribution in [0.2, 0.25) is 5.02 Å². The van der Waals surface area contributed by atoms with Gasteiger partial charge in [-0.15, -0.1) is 0 Å². The summed E-state index contributed by atoms with van der Waals surface area (Å²) >= 11 is 6.07. The lowest BCUT2D eigenvalue weighted by Gasteiger charge is -2.52. The minimum atomic E-state index is -0.491. The van der Waals surface area contributed by atoms with Gasteiger partial charge >= 0.3 is 0 Å². The predicted octanol–water partition coefficient (Wildman–Crippen LogP) is 3.98. The van der Waals surface area contributed by atoms with Gasteiger partial charge in [-0.25, -0.2) is 13.9 Å². The quantitative estimate of drug-likeness (QED) is 0.641. The number of hydrogen-bond donors (Lipinski definition) is 2. The third-order valence-corrected chi connectivity index (χ3v) is 7.11. The number of imidazole rings is 1. The normalized spacial score (nSPS) is 24.8. The summed E-state index contributed by atoms with van der Waals surface area (Å²) < 4.78 is 14.8. The Morgan fingerprint density at radius 3 is 2.55 bits per heavy atom. The summed E-state index contributed by atoms with van der Waals surface area (Å²) in [4.78, 5) is 30.3. The van der Waals surface area contributed by atoms with E-state index in [9.17, 15) is 14.0 Å². The zero-order valence-electron chi connectivity index (χ0n) is 16.7. The van der Waals surface area contributed by atoms with E-state index in [1.54, 1.807) is 18.3 Å². The first kappa shape index (κ1) is 19.9. The molecule has 3 aliphatic rings. The van der Waals surface area contributed by atoms with E-state index in [0.717, 1.165) is 0 Å². The Hall–Kier alpha value is -3.00. The molecule has 160 valence electrons. The van der Waals surface area contributed by atoms with Crippen molar-refractivity contribution in [3.63, 3.8) is 0 Å². The second-order valence-electron chi connectivity index (χ2n) is 8.53. The molecule has 2 N–H and O–H groups in total. The number of anilines is 1. The number of benzene rings is 1. The molecule has 3 fully saturated rings. The first-order chi connectivity index (χ1) is 14.9. The highest BCUT2D eigenvalue weighted by molar-refractivity contribution is 6.33. The van der Waals surface area contributed by atoms with Crippen molar-refractivity contribution in [3.8, 4) is 0 Å². The van der Waals surface area contributed by atoms with Crippen molar-refractivity contribution < 1.29 is 14.0 Å². The van der Waals surface area contributed by atoms with E-state index < -0.39 is 11.2 Å². The van der Waals surface area contributed by atoms with Crippen LogP contribution in [0, 0.1) is 11.2 Å². The number of nitrogens with zero attached hydrogens (tertiary/aromatic N) is 3. The van der Waals surface area contributed by atoms with Gasteiger partial charge in [0.2, 0.25) is 5.91 Å². The van der Waals surface area contributed by atoms with Gasteiger partial charge < -0.3 is 10.6 Å². The topological polar surface area (TPSA) is 88.4 Å². The molecule has 2 bridgehead atoms. The zero-order chi connectivity index (χ0) is 21.6. The van der Waals surface area contributed by atoms with Crippen LogP contribution in [0.4, 0.5) is 10.1 Å². The van der Waals surface area contributed by atoms with Gasteiger partial charge in [0.15, 0.2) is 5.65 Å². The van der Waals surface area contributed by atoms with Gasteiger partial charge in [-0.3, -0.25) is 9.59 Å². The highest BCUT2D eigenvalue weighted by atomic mass is 35.5. The van der Waals surface area contributed by atoms with Crippen LogP contribution in [-0.4, -0.2) is 32.0 Å². The third-order valence-electron chi connectivity index (χ3n) is 6.80. The summed E-state index contributed by atoms with van der Waals surface area (Å²) in [6, 6.07) is 7.51. The Morgan fingerprint density at radius 2 is 1.84 bits per heavy atom. The number of aromatic nitrogens is 3. The van der Waals surface area contributed by atoms with Gasteiger partial charge in [-0.05, 0) is 68.9 Å². The Balaban J connectivity index is 1.28. The molecule has 3 saturated carbocycles. The molecular weight excluding hydrogens is 421 g/mol. The maximum absolute atomic E-state index is 13.3. The molecule has 0 spiro atoms. The van der Waals surface area contributed by atoms with Crippen LogP contribution < -0.4 is 10.6 Å². The van der Waals surface area contributed by atoms with Crippen molar-refractivity contribution >= 4 is 34.7 Å². The Morgan fingerprint density at radius 1 is 1.10 bits per heavy atom. The molecule has 7 nitrogen and oxygen atoms in total. The Labute approximate surface area is 183 Å². The van der Waals surface area contributed by atoms with Crippen molar-refractivity contribution in [3.05, 3.63) is 59.3 Å². The number of nitrogens with one attached hydrogen (secondary N) is 2. The Kier molecular flexibility index (Phi) is 4.69. The van der Waals surface area contributed by atoms with Gasteiger partial charge in [0.25, 0.3) is 5.91 Å². The molecule has 31 heavy (non-hydrogen) atoms. The van der Waals surface area contributed by atoms with Crippen LogP contribution in [0.3, 0.4) is 0 Å². The van der Waals surface area contributed by atoms with Crippen molar-refractivity contribution in [2.24, 2.45) is 5.41 Å². The van der Waals surface area contributed by atoms with Crippen LogP contribution >= 0.6 is 11.6 Å². The van der Waals surface area contributed by atoms with Crippen LogP contribution in [0.25, 0.3) is 5.65 Å². The molecule has 1 aromatic carbocycles. The molecule has 3 aliphatic carbocycles. The van der Waals surface area contributed by atoms with Gasteiger partial charge in [0, 0.05) is 17.2 Å². The van der Waals surface area contributed by atoms with E-state index >= 15 is 0 Å². The lowest BCUT2D eigenvalue weighted by molar-refractivity contribution is -0.132. The average Bonchev–Trinajstić information content (AvgIpc) is 3.21. The summed E-state index contributed by atoms with van der Waals surface area (Å²) in [5.41, 5.74) is 0.614. The van der Waals surface area contributed by atoms with Crippen molar-refractivity contribution in [1.29, 1.82) is 0 Å². The molecular formula is C22H21ClFN5O2. The molecule has 0 unspecified atom stereocenters. The fraction of sp³-hybridized carbons (Fsp3) is 0.364. The summed E-state index contributed by atoms with van der Waals surface area (Å²) in [6.07, 6.45) is 7.31.